The monoisotopic (exact) mass is 348 g/mol. The minimum absolute atomic E-state index is 0.0848. The summed E-state index contributed by atoms with van der Waals surface area (Å²) in [7, 11) is 1.45. The van der Waals surface area contributed by atoms with E-state index in [1.165, 1.54) is 64.9 Å². The van der Waals surface area contributed by atoms with E-state index < -0.39 is 0 Å². The van der Waals surface area contributed by atoms with Crippen LogP contribution in [0.1, 0.15) is 96.8 Å². The summed E-state index contributed by atoms with van der Waals surface area (Å²) in [6, 6.07) is 0. The van der Waals surface area contributed by atoms with Gasteiger partial charge in [0.15, 0.2) is 0 Å². The van der Waals surface area contributed by atoms with Crippen LogP contribution in [0.3, 0.4) is 0 Å². The van der Waals surface area contributed by atoms with E-state index in [2.05, 4.69) is 48.1 Å². The summed E-state index contributed by atoms with van der Waals surface area (Å²) in [5.41, 5.74) is 0. The van der Waals surface area contributed by atoms with Crippen molar-refractivity contribution >= 4 is 5.97 Å². The zero-order valence-corrected chi connectivity index (χ0v) is 16.7. The molecule has 0 aliphatic carbocycles. The number of hydrogen-bond acceptors (Lipinski definition) is 2. The maximum Gasteiger partial charge on any atom is 0.305 e. The Kier molecular flexibility index (Phi) is 19.6. The van der Waals surface area contributed by atoms with E-state index in [9.17, 15) is 4.79 Å². The molecule has 0 aromatic carbocycles. The van der Waals surface area contributed by atoms with Gasteiger partial charge in [-0.05, 0) is 44.9 Å². The largest absolute Gasteiger partial charge is 0.469 e. The van der Waals surface area contributed by atoms with Crippen molar-refractivity contribution in [2.45, 2.75) is 96.8 Å². The molecule has 25 heavy (non-hydrogen) atoms. The Balaban J connectivity index is 3.29. The number of rotatable bonds is 17. The van der Waals surface area contributed by atoms with Gasteiger partial charge in [0, 0.05) is 6.42 Å². The molecule has 0 fully saturated rings. The van der Waals surface area contributed by atoms with E-state index in [-0.39, 0.29) is 5.97 Å². The molecule has 0 heterocycles. The molecule has 0 saturated carbocycles. The maximum absolute atomic E-state index is 11.0. The lowest BCUT2D eigenvalue weighted by atomic mass is 10.1. The molecular weight excluding hydrogens is 308 g/mol. The molecule has 0 N–H and O–H groups in total. The molecule has 0 bridgehead atoms. The number of hydrogen-bond donors (Lipinski definition) is 0. The van der Waals surface area contributed by atoms with Crippen molar-refractivity contribution < 1.29 is 9.53 Å². The molecule has 0 aliphatic heterocycles. The highest BCUT2D eigenvalue weighted by Crippen LogP contribution is 2.08. The van der Waals surface area contributed by atoms with Crippen molar-refractivity contribution in [3.63, 3.8) is 0 Å². The molecule has 2 heteroatoms. The van der Waals surface area contributed by atoms with Crippen LogP contribution in [-0.2, 0) is 9.53 Å². The van der Waals surface area contributed by atoms with Gasteiger partial charge >= 0.3 is 5.97 Å². The normalized spacial score (nSPS) is 11.9. The molecular formula is C23H40O2. The molecule has 0 aromatic rings. The molecule has 0 amide bonds. The lowest BCUT2D eigenvalue weighted by Gasteiger charge is -1.99. The average Bonchev–Trinajstić information content (AvgIpc) is 2.63. The third kappa shape index (κ3) is 20.6. The summed E-state index contributed by atoms with van der Waals surface area (Å²) < 4.78 is 4.63. The number of carbonyl (C=O) groups is 1. The first-order valence-corrected chi connectivity index (χ1v) is 10.3. The highest BCUT2D eigenvalue weighted by molar-refractivity contribution is 5.68. The number of carbonyl (C=O) groups excluding carboxylic acids is 1. The first-order valence-electron chi connectivity index (χ1n) is 10.3. The van der Waals surface area contributed by atoms with Gasteiger partial charge in [-0.15, -0.1) is 0 Å². The quantitative estimate of drug-likeness (QED) is 0.156. The van der Waals surface area contributed by atoms with E-state index in [0.29, 0.717) is 6.42 Å². The Morgan fingerprint density at radius 3 is 1.72 bits per heavy atom. The van der Waals surface area contributed by atoms with Crippen molar-refractivity contribution in [3.8, 4) is 0 Å². The van der Waals surface area contributed by atoms with Crippen LogP contribution in [0.4, 0.5) is 0 Å². The fraction of sp³-hybridized carbons (Fsp3) is 0.696. The minimum Gasteiger partial charge on any atom is -0.469 e. The van der Waals surface area contributed by atoms with Gasteiger partial charge in [-0.25, -0.2) is 0 Å². The Hall–Kier alpha value is -1.31. The zero-order chi connectivity index (χ0) is 18.4. The molecule has 0 atom stereocenters. The van der Waals surface area contributed by atoms with E-state index in [1.807, 2.05) is 0 Å². The average molecular weight is 349 g/mol. The molecule has 144 valence electrons. The first kappa shape index (κ1) is 23.7. The Morgan fingerprint density at radius 1 is 0.680 bits per heavy atom. The smallest absolute Gasteiger partial charge is 0.305 e. The molecule has 0 saturated heterocycles. The molecule has 0 aromatic heterocycles. The van der Waals surface area contributed by atoms with Crippen LogP contribution < -0.4 is 0 Å². The third-order valence-corrected chi connectivity index (χ3v) is 4.25. The lowest BCUT2D eigenvalue weighted by Crippen LogP contribution is -1.98. The van der Waals surface area contributed by atoms with Crippen molar-refractivity contribution in [2.24, 2.45) is 0 Å². The van der Waals surface area contributed by atoms with Gasteiger partial charge in [0.2, 0.25) is 0 Å². The second-order valence-corrected chi connectivity index (χ2v) is 6.62. The van der Waals surface area contributed by atoms with Crippen LogP contribution in [0.2, 0.25) is 0 Å². The molecule has 0 unspecified atom stereocenters. The Morgan fingerprint density at radius 2 is 1.16 bits per heavy atom. The Bertz CT molecular complexity index is 366. The molecule has 0 spiro atoms. The SMILES string of the molecule is CCCCCC/C=C/C/C=C/C/C=C/CCCCCCCC(=O)OC. The summed E-state index contributed by atoms with van der Waals surface area (Å²) in [6.45, 7) is 2.25. The van der Waals surface area contributed by atoms with Gasteiger partial charge in [0.25, 0.3) is 0 Å². The zero-order valence-electron chi connectivity index (χ0n) is 16.7. The minimum atomic E-state index is -0.0848. The molecule has 0 rings (SSSR count). The van der Waals surface area contributed by atoms with E-state index >= 15 is 0 Å². The van der Waals surface area contributed by atoms with E-state index in [1.54, 1.807) is 0 Å². The van der Waals surface area contributed by atoms with E-state index in [0.717, 1.165) is 25.7 Å². The van der Waals surface area contributed by atoms with Gasteiger partial charge in [-0.1, -0.05) is 81.9 Å². The molecule has 2 nitrogen and oxygen atoms in total. The number of unbranched alkanes of at least 4 members (excludes halogenated alkanes) is 9. The summed E-state index contributed by atoms with van der Waals surface area (Å²) in [6.07, 6.45) is 30.0. The first-order chi connectivity index (χ1) is 12.3. The van der Waals surface area contributed by atoms with Crippen molar-refractivity contribution in [3.05, 3.63) is 36.5 Å². The molecule has 0 aliphatic rings. The van der Waals surface area contributed by atoms with Crippen LogP contribution in [0.15, 0.2) is 36.5 Å². The maximum atomic E-state index is 11.0. The van der Waals surface area contributed by atoms with Crippen LogP contribution in [0.25, 0.3) is 0 Å². The number of methoxy groups -OCH3 is 1. The van der Waals surface area contributed by atoms with Gasteiger partial charge in [0.05, 0.1) is 7.11 Å². The summed E-state index contributed by atoms with van der Waals surface area (Å²) >= 11 is 0. The van der Waals surface area contributed by atoms with Gasteiger partial charge in [-0.3, -0.25) is 4.79 Å². The predicted molar refractivity (Wildman–Crippen MR) is 110 cm³/mol. The predicted octanol–water partition coefficient (Wildman–Crippen LogP) is 7.31. The van der Waals surface area contributed by atoms with Crippen LogP contribution in [-0.4, -0.2) is 13.1 Å². The van der Waals surface area contributed by atoms with Gasteiger partial charge in [-0.2, -0.15) is 0 Å². The summed E-state index contributed by atoms with van der Waals surface area (Å²) in [5.74, 6) is -0.0848. The third-order valence-electron chi connectivity index (χ3n) is 4.25. The van der Waals surface area contributed by atoms with Gasteiger partial charge in [0.1, 0.15) is 0 Å². The number of allylic oxidation sites excluding steroid dienone is 6. The second-order valence-electron chi connectivity index (χ2n) is 6.62. The Labute approximate surface area is 156 Å². The molecule has 0 radical (unpaired) electrons. The highest BCUT2D eigenvalue weighted by Gasteiger charge is 1.98. The van der Waals surface area contributed by atoms with Crippen LogP contribution in [0.5, 0.6) is 0 Å². The summed E-state index contributed by atoms with van der Waals surface area (Å²) in [5, 5.41) is 0. The fourth-order valence-electron chi connectivity index (χ4n) is 2.63. The van der Waals surface area contributed by atoms with Crippen molar-refractivity contribution in [1.82, 2.24) is 0 Å². The van der Waals surface area contributed by atoms with Crippen LogP contribution in [0, 0.1) is 0 Å². The second kappa shape index (κ2) is 20.7. The van der Waals surface area contributed by atoms with Gasteiger partial charge < -0.3 is 4.74 Å². The van der Waals surface area contributed by atoms with Crippen molar-refractivity contribution in [2.75, 3.05) is 7.11 Å². The van der Waals surface area contributed by atoms with E-state index in [4.69, 9.17) is 0 Å². The summed E-state index contributed by atoms with van der Waals surface area (Å²) in [4.78, 5) is 11.0. The lowest BCUT2D eigenvalue weighted by molar-refractivity contribution is -0.140. The van der Waals surface area contributed by atoms with Crippen molar-refractivity contribution in [1.29, 1.82) is 0 Å². The number of ether oxygens (including phenoxy) is 1. The van der Waals surface area contributed by atoms with Crippen LogP contribution >= 0.6 is 0 Å². The fourth-order valence-corrected chi connectivity index (χ4v) is 2.63. The topological polar surface area (TPSA) is 26.3 Å². The highest BCUT2D eigenvalue weighted by atomic mass is 16.5. The standard InChI is InChI=1S/C23H40O2/c1-3-4-5-6-7-8-9-10-11-12-13-14-15-16-17-18-19-20-21-22-23(24)25-2/h8-9,11-12,14-15H,3-7,10,13,16-22H2,1-2H3/b9-8+,12-11+,15-14+. The number of esters is 1.